The molecule has 0 saturated carbocycles. The largest absolute Gasteiger partial charge is 0.491 e. The highest BCUT2D eigenvalue weighted by Gasteiger charge is 2.14. The summed E-state index contributed by atoms with van der Waals surface area (Å²) in [5.41, 5.74) is 0.564. The average Bonchev–Trinajstić information content (AvgIpc) is 2.46. The molecule has 1 aromatic rings. The zero-order valence-corrected chi connectivity index (χ0v) is 10.9. The Morgan fingerprint density at radius 3 is 2.95 bits per heavy atom. The lowest BCUT2D eigenvalue weighted by molar-refractivity contribution is 0.0641. The fourth-order valence-electron chi connectivity index (χ4n) is 2.09. The molecule has 0 aromatic heterocycles. The molecule has 1 atom stereocenters. The molecule has 5 nitrogen and oxygen atoms in total. The number of ether oxygens (including phenoxy) is 1. The van der Waals surface area contributed by atoms with Crippen molar-refractivity contribution in [3.63, 3.8) is 0 Å². The van der Waals surface area contributed by atoms with E-state index in [0.29, 0.717) is 17.9 Å². The van der Waals surface area contributed by atoms with Crippen LogP contribution in [0.25, 0.3) is 0 Å². The quantitative estimate of drug-likeness (QED) is 0.792. The summed E-state index contributed by atoms with van der Waals surface area (Å²) in [6, 6.07) is 9.03. The van der Waals surface area contributed by atoms with E-state index >= 15 is 0 Å². The molecule has 1 heterocycles. The first-order chi connectivity index (χ1) is 9.28. The molecule has 1 aliphatic rings. The molecule has 1 aromatic carbocycles. The summed E-state index contributed by atoms with van der Waals surface area (Å²) in [6.07, 6.45) is -0.510. The average molecular weight is 261 g/mol. The van der Waals surface area contributed by atoms with Crippen LogP contribution in [0.2, 0.25) is 0 Å². The summed E-state index contributed by atoms with van der Waals surface area (Å²) < 4.78 is 5.51. The predicted octanol–water partition coefficient (Wildman–Crippen LogP) is 0.203. The molecule has 102 valence electrons. The van der Waals surface area contributed by atoms with Crippen LogP contribution in [0.3, 0.4) is 0 Å². The number of hydrogen-bond acceptors (Lipinski definition) is 5. The number of hydrogen-bond donors (Lipinski definition) is 2. The minimum Gasteiger partial charge on any atom is -0.491 e. The Kier molecular flexibility index (Phi) is 5.16. The molecule has 2 rings (SSSR count). The molecule has 0 radical (unpaired) electrons. The van der Waals surface area contributed by atoms with E-state index in [0.717, 1.165) is 26.2 Å². The first-order valence-corrected chi connectivity index (χ1v) is 6.52. The first kappa shape index (κ1) is 13.8. The van der Waals surface area contributed by atoms with Crippen LogP contribution in [0.1, 0.15) is 5.56 Å². The molecule has 1 fully saturated rings. The SMILES string of the molecule is N#Cc1cccc(OCC(O)CN2CCNCC2)c1. The smallest absolute Gasteiger partial charge is 0.120 e. The van der Waals surface area contributed by atoms with E-state index < -0.39 is 6.10 Å². The molecular weight excluding hydrogens is 242 g/mol. The van der Waals surface area contributed by atoms with Gasteiger partial charge in [0.25, 0.3) is 0 Å². The number of aliphatic hydroxyl groups excluding tert-OH is 1. The van der Waals surface area contributed by atoms with Crippen molar-refractivity contribution in [3.8, 4) is 11.8 Å². The lowest BCUT2D eigenvalue weighted by atomic mass is 10.2. The predicted molar refractivity (Wildman–Crippen MR) is 72.0 cm³/mol. The number of nitrogens with one attached hydrogen (secondary N) is 1. The van der Waals surface area contributed by atoms with E-state index in [1.54, 1.807) is 24.3 Å². The highest BCUT2D eigenvalue weighted by molar-refractivity contribution is 5.36. The summed E-state index contributed by atoms with van der Waals surface area (Å²) >= 11 is 0. The van der Waals surface area contributed by atoms with Crippen LogP contribution >= 0.6 is 0 Å². The molecule has 5 heteroatoms. The lowest BCUT2D eigenvalue weighted by Crippen LogP contribution is -2.47. The molecular formula is C14H19N3O2. The molecule has 0 bridgehead atoms. The number of nitriles is 1. The molecule has 0 spiro atoms. The van der Waals surface area contributed by atoms with Crippen LogP contribution in [-0.2, 0) is 0 Å². The van der Waals surface area contributed by atoms with Crippen molar-refractivity contribution in [1.29, 1.82) is 5.26 Å². The lowest BCUT2D eigenvalue weighted by Gasteiger charge is -2.29. The van der Waals surface area contributed by atoms with Crippen molar-refractivity contribution in [1.82, 2.24) is 10.2 Å². The van der Waals surface area contributed by atoms with Gasteiger partial charge in [-0.05, 0) is 18.2 Å². The van der Waals surface area contributed by atoms with Gasteiger partial charge in [0, 0.05) is 32.7 Å². The Morgan fingerprint density at radius 1 is 1.42 bits per heavy atom. The van der Waals surface area contributed by atoms with Gasteiger partial charge < -0.3 is 15.2 Å². The van der Waals surface area contributed by atoms with Crippen molar-refractivity contribution >= 4 is 0 Å². The molecule has 2 N–H and O–H groups in total. The summed E-state index contributed by atoms with van der Waals surface area (Å²) in [6.45, 7) is 4.73. The van der Waals surface area contributed by atoms with Crippen molar-refractivity contribution < 1.29 is 9.84 Å². The van der Waals surface area contributed by atoms with Gasteiger partial charge >= 0.3 is 0 Å². The number of β-amino-alcohol motifs (C(OH)–C–C–N with tert-alkyl or cyclic N) is 1. The number of piperazine rings is 1. The molecule has 1 aliphatic heterocycles. The van der Waals surface area contributed by atoms with E-state index in [-0.39, 0.29) is 6.61 Å². The second kappa shape index (κ2) is 7.10. The fraction of sp³-hybridized carbons (Fsp3) is 0.500. The Labute approximate surface area is 113 Å². The highest BCUT2D eigenvalue weighted by Crippen LogP contribution is 2.12. The third-order valence-corrected chi connectivity index (χ3v) is 3.08. The topological polar surface area (TPSA) is 68.5 Å². The van der Waals surface area contributed by atoms with Gasteiger partial charge in [0.05, 0.1) is 11.6 Å². The van der Waals surface area contributed by atoms with Gasteiger partial charge in [0.15, 0.2) is 0 Å². The van der Waals surface area contributed by atoms with Gasteiger partial charge in [0.1, 0.15) is 18.5 Å². The van der Waals surface area contributed by atoms with E-state index in [1.165, 1.54) is 0 Å². The van der Waals surface area contributed by atoms with Crippen LogP contribution < -0.4 is 10.1 Å². The minimum atomic E-state index is -0.510. The maximum Gasteiger partial charge on any atom is 0.120 e. The van der Waals surface area contributed by atoms with Crippen LogP contribution in [0.5, 0.6) is 5.75 Å². The molecule has 19 heavy (non-hydrogen) atoms. The van der Waals surface area contributed by atoms with Crippen molar-refractivity contribution in [2.24, 2.45) is 0 Å². The molecule has 1 saturated heterocycles. The maximum atomic E-state index is 9.94. The second-order valence-corrected chi connectivity index (χ2v) is 4.66. The third-order valence-electron chi connectivity index (χ3n) is 3.08. The first-order valence-electron chi connectivity index (χ1n) is 6.52. The van der Waals surface area contributed by atoms with Crippen LogP contribution in [0.15, 0.2) is 24.3 Å². The summed E-state index contributed by atoms with van der Waals surface area (Å²) in [7, 11) is 0. The van der Waals surface area contributed by atoms with Gasteiger partial charge in [-0.1, -0.05) is 6.07 Å². The van der Waals surface area contributed by atoms with E-state index in [1.807, 2.05) is 0 Å². The molecule has 1 unspecified atom stereocenters. The summed E-state index contributed by atoms with van der Waals surface area (Å²) in [4.78, 5) is 2.22. The Bertz CT molecular complexity index is 439. The zero-order valence-electron chi connectivity index (χ0n) is 10.9. The Morgan fingerprint density at radius 2 is 2.21 bits per heavy atom. The number of rotatable bonds is 5. The summed E-state index contributed by atoms with van der Waals surface area (Å²) in [5.74, 6) is 0.624. The van der Waals surface area contributed by atoms with E-state index in [9.17, 15) is 5.11 Å². The van der Waals surface area contributed by atoms with E-state index in [4.69, 9.17) is 10.00 Å². The minimum absolute atomic E-state index is 0.249. The van der Waals surface area contributed by atoms with Gasteiger partial charge in [-0.25, -0.2) is 0 Å². The summed E-state index contributed by atoms with van der Waals surface area (Å²) in [5, 5.41) is 22.0. The fourth-order valence-corrected chi connectivity index (χ4v) is 2.09. The van der Waals surface area contributed by atoms with Gasteiger partial charge in [-0.2, -0.15) is 5.26 Å². The zero-order chi connectivity index (χ0) is 13.5. The third kappa shape index (κ3) is 4.52. The van der Waals surface area contributed by atoms with Gasteiger partial charge in [-0.3, -0.25) is 4.90 Å². The van der Waals surface area contributed by atoms with Gasteiger partial charge in [0.2, 0.25) is 0 Å². The normalized spacial score (nSPS) is 17.7. The Hall–Kier alpha value is -1.61. The highest BCUT2D eigenvalue weighted by atomic mass is 16.5. The number of nitrogens with zero attached hydrogens (tertiary/aromatic N) is 2. The van der Waals surface area contributed by atoms with Crippen LogP contribution in [-0.4, -0.2) is 55.4 Å². The second-order valence-electron chi connectivity index (χ2n) is 4.66. The van der Waals surface area contributed by atoms with Crippen LogP contribution in [0.4, 0.5) is 0 Å². The monoisotopic (exact) mass is 261 g/mol. The number of aliphatic hydroxyl groups is 1. The Balaban J connectivity index is 1.76. The van der Waals surface area contributed by atoms with E-state index in [2.05, 4.69) is 16.3 Å². The molecule has 0 amide bonds. The molecule has 0 aliphatic carbocycles. The van der Waals surface area contributed by atoms with Crippen molar-refractivity contribution in [3.05, 3.63) is 29.8 Å². The van der Waals surface area contributed by atoms with Gasteiger partial charge in [-0.15, -0.1) is 0 Å². The maximum absolute atomic E-state index is 9.94. The van der Waals surface area contributed by atoms with Crippen molar-refractivity contribution in [2.45, 2.75) is 6.10 Å². The standard InChI is InChI=1S/C14H19N3O2/c15-9-12-2-1-3-14(8-12)19-11-13(18)10-17-6-4-16-5-7-17/h1-3,8,13,16,18H,4-7,10-11H2. The van der Waals surface area contributed by atoms with Crippen LogP contribution in [0, 0.1) is 11.3 Å². The van der Waals surface area contributed by atoms with Crippen molar-refractivity contribution in [2.75, 3.05) is 39.3 Å². The number of benzene rings is 1.